The van der Waals surface area contributed by atoms with E-state index in [-0.39, 0.29) is 40.2 Å². The average Bonchev–Trinajstić information content (AvgIpc) is 3.58. The molecular weight excluding hydrogens is 516 g/mol. The van der Waals surface area contributed by atoms with Crippen LogP contribution in [0.25, 0.3) is 20.7 Å². The van der Waals surface area contributed by atoms with Crippen molar-refractivity contribution in [2.24, 2.45) is 0 Å². The van der Waals surface area contributed by atoms with Gasteiger partial charge in [-0.1, -0.05) is 12.1 Å². The molecule has 1 amide bonds. The van der Waals surface area contributed by atoms with E-state index in [2.05, 4.69) is 20.5 Å². The molecule has 192 valence electrons. The van der Waals surface area contributed by atoms with E-state index in [4.69, 9.17) is 4.42 Å². The summed E-state index contributed by atoms with van der Waals surface area (Å²) in [5.41, 5.74) is -3.60. The number of alkyl halides is 4. The number of aromatic nitrogens is 1. The average molecular weight is 541 g/mol. The molecule has 3 aromatic rings. The Balaban J connectivity index is 1.38. The Morgan fingerprint density at radius 3 is 2.86 bits per heavy atom. The lowest BCUT2D eigenvalue weighted by Gasteiger charge is -2.39. The molecule has 2 bridgehead atoms. The van der Waals surface area contributed by atoms with Gasteiger partial charge in [-0.25, -0.2) is 9.37 Å². The molecule has 1 aromatic carbocycles. The fourth-order valence-corrected chi connectivity index (χ4v) is 7.83. The standard InChI is InChI=1S/C24H24F4N4O2S2/c1-32-11-5-7-17(32)19(25)15(9-11)29-13-4-2-3-12-20(13)35-22(21(12)36-24(26,27)28)16-10-34-23(31-16)14-6-8-18(33)30-14/h2-4,10-11,14-15,17,19,29H,5-9H2,1H3,(H,30,33)/t11-,14-,15-,17+,19-/m1/s1. The normalized spacial score (nSPS) is 28.7. The second kappa shape index (κ2) is 8.91. The van der Waals surface area contributed by atoms with E-state index in [1.165, 1.54) is 17.6 Å². The number of nitrogens with zero attached hydrogens (tertiary/aromatic N) is 2. The van der Waals surface area contributed by atoms with Crippen molar-refractivity contribution in [2.75, 3.05) is 12.4 Å². The van der Waals surface area contributed by atoms with Crippen molar-refractivity contribution in [1.29, 1.82) is 0 Å². The van der Waals surface area contributed by atoms with Crippen molar-refractivity contribution in [3.63, 3.8) is 0 Å². The third-order valence-corrected chi connectivity index (χ3v) is 9.70. The van der Waals surface area contributed by atoms with Crippen molar-refractivity contribution >= 4 is 44.8 Å². The molecular formula is C24H24F4N4O2S2. The topological polar surface area (TPSA) is 70.4 Å². The molecule has 2 N–H and O–H groups in total. The molecule has 6 rings (SSSR count). The van der Waals surface area contributed by atoms with Crippen LogP contribution in [0.5, 0.6) is 0 Å². The van der Waals surface area contributed by atoms with Gasteiger partial charge in [0.25, 0.3) is 0 Å². The van der Waals surface area contributed by atoms with E-state index < -0.39 is 23.8 Å². The van der Waals surface area contributed by atoms with Crippen LogP contribution in [-0.2, 0) is 4.79 Å². The Hall–Kier alpha value is -2.31. The summed E-state index contributed by atoms with van der Waals surface area (Å²) in [5.74, 6) is 0.163. The fourth-order valence-electron chi connectivity index (χ4n) is 5.69. The molecule has 0 aliphatic carbocycles. The lowest BCUT2D eigenvalue weighted by molar-refractivity contribution is -0.119. The zero-order chi connectivity index (χ0) is 25.2. The predicted molar refractivity (Wildman–Crippen MR) is 131 cm³/mol. The number of nitrogens with one attached hydrogen (secondary N) is 2. The smallest absolute Gasteiger partial charge is 0.446 e. The molecule has 3 aliphatic heterocycles. The SMILES string of the molecule is CN1[C@@H]2CC[C@H]1[C@H](F)[C@H](Nc1cccc3c(SC(F)(F)F)c(-c4coc([C@H]5CCC(=O)N5)n4)sc13)C2. The largest absolute Gasteiger partial charge is 0.446 e. The molecule has 36 heavy (non-hydrogen) atoms. The highest BCUT2D eigenvalue weighted by Crippen LogP contribution is 2.51. The number of thiophene rings is 1. The Kier molecular flexibility index (Phi) is 5.95. The van der Waals surface area contributed by atoms with E-state index >= 15 is 4.39 Å². The monoisotopic (exact) mass is 540 g/mol. The molecule has 3 saturated heterocycles. The Bertz CT molecular complexity index is 1310. The molecule has 0 spiro atoms. The maximum Gasteiger partial charge on any atom is 0.446 e. The number of hydrogen-bond donors (Lipinski definition) is 2. The number of hydrogen-bond acceptors (Lipinski definition) is 7. The summed E-state index contributed by atoms with van der Waals surface area (Å²) < 4.78 is 62.3. The molecule has 5 heterocycles. The zero-order valence-electron chi connectivity index (χ0n) is 19.3. The number of halogens is 4. The highest BCUT2D eigenvalue weighted by Gasteiger charge is 2.46. The van der Waals surface area contributed by atoms with E-state index in [0.29, 0.717) is 46.0 Å². The van der Waals surface area contributed by atoms with E-state index in [9.17, 15) is 18.0 Å². The fraction of sp³-hybridized carbons (Fsp3) is 0.500. The second-order valence-corrected chi connectivity index (χ2v) is 11.7. The minimum absolute atomic E-state index is 0.0432. The molecule has 6 nitrogen and oxygen atoms in total. The van der Waals surface area contributed by atoms with Crippen LogP contribution in [0.2, 0.25) is 0 Å². The van der Waals surface area contributed by atoms with Gasteiger partial charge in [0.05, 0.1) is 21.3 Å². The number of benzene rings is 1. The van der Waals surface area contributed by atoms with Gasteiger partial charge in [0.2, 0.25) is 11.8 Å². The van der Waals surface area contributed by atoms with Gasteiger partial charge >= 0.3 is 5.51 Å². The zero-order valence-corrected chi connectivity index (χ0v) is 20.9. The number of amides is 1. The van der Waals surface area contributed by atoms with Crippen LogP contribution < -0.4 is 10.6 Å². The molecule has 3 aliphatic rings. The van der Waals surface area contributed by atoms with Crippen LogP contribution in [0.15, 0.2) is 33.8 Å². The van der Waals surface area contributed by atoms with Gasteiger partial charge in [0.15, 0.2) is 0 Å². The number of thioether (sulfide) groups is 1. The number of oxazole rings is 1. The van der Waals surface area contributed by atoms with Crippen LogP contribution in [0.4, 0.5) is 23.2 Å². The molecule has 2 aromatic heterocycles. The molecule has 3 fully saturated rings. The number of anilines is 1. The van der Waals surface area contributed by atoms with Crippen molar-refractivity contribution in [3.05, 3.63) is 30.4 Å². The van der Waals surface area contributed by atoms with Crippen LogP contribution in [0.3, 0.4) is 0 Å². The first kappa shape index (κ1) is 24.1. The number of piperidine rings is 1. The molecule has 5 atom stereocenters. The lowest BCUT2D eigenvalue weighted by atomic mass is 9.95. The van der Waals surface area contributed by atoms with Gasteiger partial charge in [-0.3, -0.25) is 9.69 Å². The summed E-state index contributed by atoms with van der Waals surface area (Å²) in [6, 6.07) is 4.51. The maximum absolute atomic E-state index is 15.3. The van der Waals surface area contributed by atoms with Crippen molar-refractivity contribution in [3.8, 4) is 10.6 Å². The van der Waals surface area contributed by atoms with Crippen molar-refractivity contribution in [1.82, 2.24) is 15.2 Å². The van der Waals surface area contributed by atoms with E-state index in [0.717, 1.165) is 12.8 Å². The maximum atomic E-state index is 15.3. The summed E-state index contributed by atoms with van der Waals surface area (Å²) in [4.78, 5) is 18.5. The molecule has 0 radical (unpaired) electrons. The Morgan fingerprint density at radius 1 is 1.28 bits per heavy atom. The minimum atomic E-state index is -4.50. The van der Waals surface area contributed by atoms with Gasteiger partial charge in [0.1, 0.15) is 24.2 Å². The van der Waals surface area contributed by atoms with Crippen LogP contribution >= 0.6 is 23.1 Å². The predicted octanol–water partition coefficient (Wildman–Crippen LogP) is 6.10. The second-order valence-electron chi connectivity index (χ2n) is 9.62. The number of fused-ring (bicyclic) bond motifs is 3. The Morgan fingerprint density at radius 2 is 2.11 bits per heavy atom. The molecule has 0 unspecified atom stereocenters. The third kappa shape index (κ3) is 4.26. The number of carbonyl (C=O) groups excluding carboxylic acids is 1. The van der Waals surface area contributed by atoms with Gasteiger partial charge in [-0.2, -0.15) is 13.2 Å². The van der Waals surface area contributed by atoms with Gasteiger partial charge < -0.3 is 15.1 Å². The Labute approximate surface area is 212 Å². The number of carbonyl (C=O) groups is 1. The molecule has 12 heteroatoms. The van der Waals surface area contributed by atoms with Crippen molar-refractivity contribution < 1.29 is 26.8 Å². The first-order chi connectivity index (χ1) is 17.2. The van der Waals surface area contributed by atoms with Gasteiger partial charge in [-0.15, -0.1) is 11.3 Å². The first-order valence-electron chi connectivity index (χ1n) is 11.9. The highest BCUT2D eigenvalue weighted by molar-refractivity contribution is 8.00. The summed E-state index contributed by atoms with van der Waals surface area (Å²) in [5, 5.41) is 6.53. The summed E-state index contributed by atoms with van der Waals surface area (Å²) in [7, 11) is 1.96. The summed E-state index contributed by atoms with van der Waals surface area (Å²) in [6.07, 6.45) is 3.56. The van der Waals surface area contributed by atoms with Crippen LogP contribution in [0, 0.1) is 0 Å². The summed E-state index contributed by atoms with van der Waals surface area (Å²) in [6.45, 7) is 0. The lowest BCUT2D eigenvalue weighted by Crippen LogP contribution is -2.53. The van der Waals surface area contributed by atoms with Crippen LogP contribution in [0.1, 0.15) is 44.0 Å². The van der Waals surface area contributed by atoms with Crippen LogP contribution in [-0.4, -0.2) is 52.6 Å². The number of rotatable bonds is 5. The van der Waals surface area contributed by atoms with Gasteiger partial charge in [-0.05, 0) is 50.6 Å². The van der Waals surface area contributed by atoms with Crippen molar-refractivity contribution in [2.45, 2.75) is 72.8 Å². The third-order valence-electron chi connectivity index (χ3n) is 7.45. The highest BCUT2D eigenvalue weighted by atomic mass is 32.2. The van der Waals surface area contributed by atoms with E-state index in [1.807, 2.05) is 7.05 Å². The molecule has 0 saturated carbocycles. The van der Waals surface area contributed by atoms with E-state index in [1.54, 1.807) is 18.2 Å². The summed E-state index contributed by atoms with van der Waals surface area (Å²) >= 11 is 0.999. The minimum Gasteiger partial charge on any atom is -0.446 e. The quantitative estimate of drug-likeness (QED) is 0.301. The van der Waals surface area contributed by atoms with Gasteiger partial charge in [0, 0.05) is 28.8 Å². The first-order valence-corrected chi connectivity index (χ1v) is 13.5.